The number of rotatable bonds is 3. The minimum atomic E-state index is -3.71. The molecule has 0 fully saturated rings. The van der Waals surface area contributed by atoms with Gasteiger partial charge in [-0.1, -0.05) is 17.7 Å². The zero-order valence-electron chi connectivity index (χ0n) is 10.4. The van der Waals surface area contributed by atoms with Crippen molar-refractivity contribution >= 4 is 27.4 Å². The van der Waals surface area contributed by atoms with Crippen molar-refractivity contribution < 1.29 is 8.42 Å². The molecular weight excluding hydrogens is 286 g/mol. The zero-order chi connectivity index (χ0) is 14.0. The fraction of sp³-hybridized carbons (Fsp3) is 0.167. The lowest BCUT2D eigenvalue weighted by Crippen LogP contribution is -2.15. The third-order valence-corrected chi connectivity index (χ3v) is 4.43. The van der Waals surface area contributed by atoms with Gasteiger partial charge in [-0.3, -0.25) is 4.72 Å². The SMILES string of the molecule is Cc1nccc(NS(=O)(=O)c2cccc(Cl)c2C)n1. The van der Waals surface area contributed by atoms with E-state index in [9.17, 15) is 8.42 Å². The van der Waals surface area contributed by atoms with Crippen LogP contribution in [0.3, 0.4) is 0 Å². The Morgan fingerprint density at radius 2 is 1.95 bits per heavy atom. The summed E-state index contributed by atoms with van der Waals surface area (Å²) in [5, 5.41) is 0.404. The molecule has 0 amide bonds. The number of anilines is 1. The molecule has 1 aromatic heterocycles. The Labute approximate surface area is 116 Å². The van der Waals surface area contributed by atoms with E-state index in [1.807, 2.05) is 0 Å². The smallest absolute Gasteiger partial charge is 0.263 e. The average molecular weight is 298 g/mol. The Hall–Kier alpha value is -1.66. The summed E-state index contributed by atoms with van der Waals surface area (Å²) in [6.45, 7) is 3.34. The van der Waals surface area contributed by atoms with Crippen molar-refractivity contribution in [3.63, 3.8) is 0 Å². The van der Waals surface area contributed by atoms with Gasteiger partial charge < -0.3 is 0 Å². The van der Waals surface area contributed by atoms with E-state index in [0.717, 1.165) is 0 Å². The van der Waals surface area contributed by atoms with Crippen LogP contribution < -0.4 is 4.72 Å². The van der Waals surface area contributed by atoms with Crippen molar-refractivity contribution in [2.75, 3.05) is 4.72 Å². The molecule has 0 unspecified atom stereocenters. The van der Waals surface area contributed by atoms with Crippen LogP contribution in [0.25, 0.3) is 0 Å². The van der Waals surface area contributed by atoms with E-state index in [1.165, 1.54) is 18.3 Å². The molecule has 0 atom stereocenters. The summed E-state index contributed by atoms with van der Waals surface area (Å²) >= 11 is 5.93. The highest BCUT2D eigenvalue weighted by Crippen LogP contribution is 2.24. The van der Waals surface area contributed by atoms with Gasteiger partial charge in [0.25, 0.3) is 10.0 Å². The van der Waals surface area contributed by atoms with Gasteiger partial charge in [0, 0.05) is 11.2 Å². The molecule has 7 heteroatoms. The maximum Gasteiger partial charge on any atom is 0.263 e. The molecule has 0 aliphatic carbocycles. The second-order valence-corrected chi connectivity index (χ2v) is 6.02. The van der Waals surface area contributed by atoms with Crippen LogP contribution in [0.5, 0.6) is 0 Å². The summed E-state index contributed by atoms with van der Waals surface area (Å²) < 4.78 is 26.9. The van der Waals surface area contributed by atoms with Gasteiger partial charge in [-0.05, 0) is 37.6 Å². The van der Waals surface area contributed by atoms with E-state index in [1.54, 1.807) is 26.0 Å². The maximum atomic E-state index is 12.3. The summed E-state index contributed by atoms with van der Waals surface area (Å²) in [7, 11) is -3.71. The van der Waals surface area contributed by atoms with Crippen LogP contribution in [-0.2, 0) is 10.0 Å². The van der Waals surface area contributed by atoms with Crippen LogP contribution in [0.15, 0.2) is 35.4 Å². The van der Waals surface area contributed by atoms with Gasteiger partial charge in [0.2, 0.25) is 0 Å². The molecule has 100 valence electrons. The van der Waals surface area contributed by atoms with E-state index in [2.05, 4.69) is 14.7 Å². The lowest BCUT2D eigenvalue weighted by atomic mass is 10.2. The van der Waals surface area contributed by atoms with Crippen molar-refractivity contribution in [1.82, 2.24) is 9.97 Å². The Balaban J connectivity index is 2.41. The molecular formula is C12H12ClN3O2S. The van der Waals surface area contributed by atoms with Gasteiger partial charge in [0.05, 0.1) is 4.90 Å². The van der Waals surface area contributed by atoms with Crippen LogP contribution in [0.1, 0.15) is 11.4 Å². The van der Waals surface area contributed by atoms with Gasteiger partial charge in [0.15, 0.2) is 0 Å². The highest BCUT2D eigenvalue weighted by Gasteiger charge is 2.18. The quantitative estimate of drug-likeness (QED) is 0.945. The third-order valence-electron chi connectivity index (χ3n) is 2.52. The lowest BCUT2D eigenvalue weighted by molar-refractivity contribution is 0.600. The number of hydrogen-bond donors (Lipinski definition) is 1. The Kier molecular flexibility index (Phi) is 3.73. The monoisotopic (exact) mass is 297 g/mol. The van der Waals surface area contributed by atoms with E-state index in [-0.39, 0.29) is 10.7 Å². The van der Waals surface area contributed by atoms with E-state index in [0.29, 0.717) is 16.4 Å². The number of sulfonamides is 1. The molecule has 0 aliphatic heterocycles. The summed E-state index contributed by atoms with van der Waals surface area (Å²) in [5.41, 5.74) is 0.502. The summed E-state index contributed by atoms with van der Waals surface area (Å²) in [5.74, 6) is 0.717. The minimum Gasteiger partial charge on any atom is -0.263 e. The molecule has 1 N–H and O–H groups in total. The highest BCUT2D eigenvalue weighted by atomic mass is 35.5. The Morgan fingerprint density at radius 3 is 2.63 bits per heavy atom. The molecule has 0 aliphatic rings. The standard InChI is InChI=1S/C12H12ClN3O2S/c1-8-10(13)4-3-5-11(8)19(17,18)16-12-6-7-14-9(2)15-12/h3-7H,1-2H3,(H,14,15,16). The van der Waals surface area contributed by atoms with Crippen LogP contribution in [0.4, 0.5) is 5.82 Å². The molecule has 5 nitrogen and oxygen atoms in total. The highest BCUT2D eigenvalue weighted by molar-refractivity contribution is 7.92. The summed E-state index contributed by atoms with van der Waals surface area (Å²) in [6.07, 6.45) is 1.49. The molecule has 0 saturated carbocycles. The molecule has 1 aromatic carbocycles. The normalized spacial score (nSPS) is 11.3. The first-order chi connectivity index (χ1) is 8.90. The first-order valence-corrected chi connectivity index (χ1v) is 7.34. The van der Waals surface area contributed by atoms with Crippen LogP contribution in [-0.4, -0.2) is 18.4 Å². The van der Waals surface area contributed by atoms with Crippen LogP contribution >= 0.6 is 11.6 Å². The summed E-state index contributed by atoms with van der Waals surface area (Å²) in [6, 6.07) is 6.22. The number of nitrogens with zero attached hydrogens (tertiary/aromatic N) is 2. The molecule has 0 radical (unpaired) electrons. The molecule has 19 heavy (non-hydrogen) atoms. The van der Waals surface area contributed by atoms with E-state index in [4.69, 9.17) is 11.6 Å². The molecule has 0 saturated heterocycles. The predicted octanol–water partition coefficient (Wildman–Crippen LogP) is 2.55. The second-order valence-electron chi connectivity index (χ2n) is 3.96. The van der Waals surface area contributed by atoms with Crippen molar-refractivity contribution in [2.45, 2.75) is 18.7 Å². The fourth-order valence-corrected chi connectivity index (χ4v) is 3.08. The van der Waals surface area contributed by atoms with E-state index >= 15 is 0 Å². The molecule has 0 bridgehead atoms. The Bertz CT molecular complexity index is 717. The number of hydrogen-bond acceptors (Lipinski definition) is 4. The van der Waals surface area contributed by atoms with E-state index < -0.39 is 10.0 Å². The molecule has 2 rings (SSSR count). The maximum absolute atomic E-state index is 12.3. The van der Waals surface area contributed by atoms with Gasteiger partial charge >= 0.3 is 0 Å². The predicted molar refractivity (Wildman–Crippen MR) is 73.8 cm³/mol. The minimum absolute atomic E-state index is 0.135. The van der Waals surface area contributed by atoms with Crippen molar-refractivity contribution in [3.05, 3.63) is 46.9 Å². The molecule has 1 heterocycles. The third kappa shape index (κ3) is 3.02. The lowest BCUT2D eigenvalue weighted by Gasteiger charge is -2.10. The van der Waals surface area contributed by atoms with Crippen LogP contribution in [0, 0.1) is 13.8 Å². The van der Waals surface area contributed by atoms with Crippen molar-refractivity contribution in [3.8, 4) is 0 Å². The van der Waals surface area contributed by atoms with Crippen molar-refractivity contribution in [2.24, 2.45) is 0 Å². The second kappa shape index (κ2) is 5.14. The number of aromatic nitrogens is 2. The fourth-order valence-electron chi connectivity index (χ4n) is 1.58. The molecule has 0 spiro atoms. The average Bonchev–Trinajstić information content (AvgIpc) is 2.32. The van der Waals surface area contributed by atoms with Gasteiger partial charge in [-0.2, -0.15) is 0 Å². The first kappa shape index (κ1) is 13.8. The van der Waals surface area contributed by atoms with Gasteiger partial charge in [-0.15, -0.1) is 0 Å². The molecule has 2 aromatic rings. The van der Waals surface area contributed by atoms with Crippen LogP contribution in [0.2, 0.25) is 5.02 Å². The van der Waals surface area contributed by atoms with Gasteiger partial charge in [0.1, 0.15) is 11.6 Å². The summed E-state index contributed by atoms with van der Waals surface area (Å²) in [4.78, 5) is 8.04. The first-order valence-electron chi connectivity index (χ1n) is 5.48. The van der Waals surface area contributed by atoms with Gasteiger partial charge in [-0.25, -0.2) is 18.4 Å². The topological polar surface area (TPSA) is 72.0 Å². The number of benzene rings is 1. The zero-order valence-corrected chi connectivity index (χ0v) is 12.0. The van der Waals surface area contributed by atoms with Crippen molar-refractivity contribution in [1.29, 1.82) is 0 Å². The number of aryl methyl sites for hydroxylation is 1. The largest absolute Gasteiger partial charge is 0.263 e. The number of nitrogens with one attached hydrogen (secondary N) is 1. The Morgan fingerprint density at radius 1 is 1.21 bits per heavy atom. The number of halogens is 1.